The molecule has 8 nitrogen and oxygen atoms in total. The maximum atomic E-state index is 12.7. The Bertz CT molecular complexity index is 1060. The highest BCUT2D eigenvalue weighted by atomic mass is 32.2. The van der Waals surface area contributed by atoms with E-state index in [4.69, 9.17) is 13.7 Å². The summed E-state index contributed by atoms with van der Waals surface area (Å²) in [6.07, 6.45) is 0.435. The van der Waals surface area contributed by atoms with Crippen molar-refractivity contribution in [2.45, 2.75) is 25.3 Å². The van der Waals surface area contributed by atoms with Crippen LogP contribution in [0.15, 0.2) is 71.5 Å². The van der Waals surface area contributed by atoms with Gasteiger partial charge in [0.2, 0.25) is 0 Å². The van der Waals surface area contributed by atoms with Crippen molar-refractivity contribution in [2.24, 2.45) is 5.92 Å². The molecule has 31 heavy (non-hydrogen) atoms. The molecular weight excluding hydrogens is 422 g/mol. The molecule has 0 aliphatic carbocycles. The van der Waals surface area contributed by atoms with Gasteiger partial charge in [-0.2, -0.15) is 8.42 Å². The fourth-order valence-electron chi connectivity index (χ4n) is 2.91. The average molecular weight is 445 g/mol. The van der Waals surface area contributed by atoms with Crippen LogP contribution in [0.1, 0.15) is 18.1 Å². The molecule has 1 aliphatic heterocycles. The quantitative estimate of drug-likeness (QED) is 0.476. The molecular formula is C22H23NO7S. The number of hydrogen-bond donors (Lipinski definition) is 0. The van der Waals surface area contributed by atoms with Crippen LogP contribution in [0.4, 0.5) is 4.79 Å². The van der Waals surface area contributed by atoms with Gasteiger partial charge in [0.1, 0.15) is 17.4 Å². The first-order valence-electron chi connectivity index (χ1n) is 9.67. The molecule has 9 heteroatoms. The molecule has 0 saturated heterocycles. The van der Waals surface area contributed by atoms with Crippen LogP contribution in [0.25, 0.3) is 0 Å². The number of carbonyl (C=O) groups excluding carboxylic acids is 2. The summed E-state index contributed by atoms with van der Waals surface area (Å²) in [6, 6.07) is 15.2. The smallest absolute Gasteiger partial charge is 0.414 e. The standard InChI is InChI=1S/C22H23NO7S/c1-3-28-21(24)19-13-23(22(25)29-15-17-7-5-4-6-8-17)14-20(19)30-31(26,27)18-11-9-16(2)10-12-18/h4-12,14,19H,3,13,15H2,1-2H3. The molecule has 2 aromatic carbocycles. The van der Waals surface area contributed by atoms with Crippen molar-refractivity contribution in [3.8, 4) is 0 Å². The van der Waals surface area contributed by atoms with Crippen molar-refractivity contribution >= 4 is 22.2 Å². The molecule has 2 aromatic rings. The maximum Gasteiger partial charge on any atom is 0.414 e. The van der Waals surface area contributed by atoms with Crippen molar-refractivity contribution in [3.05, 3.63) is 77.7 Å². The number of ether oxygens (including phenoxy) is 2. The SMILES string of the molecule is CCOC(=O)C1CN(C(=O)OCc2ccccc2)C=C1OS(=O)(=O)c1ccc(C)cc1. The fraction of sp³-hybridized carbons (Fsp3) is 0.273. The summed E-state index contributed by atoms with van der Waals surface area (Å²) in [7, 11) is -4.20. The second-order valence-electron chi connectivity index (χ2n) is 6.88. The molecule has 0 fully saturated rings. The lowest BCUT2D eigenvalue weighted by Crippen LogP contribution is -2.30. The molecule has 0 spiro atoms. The van der Waals surface area contributed by atoms with Gasteiger partial charge in [0.15, 0.2) is 5.76 Å². The van der Waals surface area contributed by atoms with E-state index in [9.17, 15) is 18.0 Å². The third-order valence-corrected chi connectivity index (χ3v) is 5.79. The van der Waals surface area contributed by atoms with Gasteiger partial charge in [-0.05, 0) is 31.5 Å². The lowest BCUT2D eigenvalue weighted by atomic mass is 10.1. The third-order valence-electron chi connectivity index (χ3n) is 4.53. The summed E-state index contributed by atoms with van der Waals surface area (Å²) >= 11 is 0. The zero-order chi connectivity index (χ0) is 22.4. The van der Waals surface area contributed by atoms with Crippen molar-refractivity contribution in [2.75, 3.05) is 13.2 Å². The second-order valence-corrected chi connectivity index (χ2v) is 8.43. The molecule has 0 bridgehead atoms. The lowest BCUT2D eigenvalue weighted by Gasteiger charge is -2.16. The van der Waals surface area contributed by atoms with Crippen molar-refractivity contribution in [1.82, 2.24) is 4.90 Å². The van der Waals surface area contributed by atoms with Gasteiger partial charge in [0.05, 0.1) is 12.8 Å². The van der Waals surface area contributed by atoms with Crippen LogP contribution in [0.5, 0.6) is 0 Å². The molecule has 1 aliphatic rings. The Labute approximate surface area is 181 Å². The Kier molecular flexibility index (Phi) is 6.96. The first-order chi connectivity index (χ1) is 14.8. The minimum absolute atomic E-state index is 0.0337. The summed E-state index contributed by atoms with van der Waals surface area (Å²) in [5, 5.41) is 0. The first-order valence-corrected chi connectivity index (χ1v) is 11.1. The highest BCUT2D eigenvalue weighted by Gasteiger charge is 2.39. The number of aryl methyl sites for hydroxylation is 1. The number of nitrogens with zero attached hydrogens (tertiary/aromatic N) is 1. The monoisotopic (exact) mass is 445 g/mol. The first kappa shape index (κ1) is 22.4. The predicted molar refractivity (Wildman–Crippen MR) is 111 cm³/mol. The van der Waals surface area contributed by atoms with E-state index in [0.717, 1.165) is 16.0 Å². The minimum Gasteiger partial charge on any atom is -0.465 e. The van der Waals surface area contributed by atoms with Crippen LogP contribution < -0.4 is 0 Å². The van der Waals surface area contributed by atoms with Crippen LogP contribution in [0, 0.1) is 12.8 Å². The van der Waals surface area contributed by atoms with E-state index >= 15 is 0 Å². The Hall–Kier alpha value is -3.33. The van der Waals surface area contributed by atoms with Crippen LogP contribution in [-0.4, -0.2) is 38.5 Å². The Balaban J connectivity index is 1.77. The Morgan fingerprint density at radius 1 is 1.03 bits per heavy atom. The minimum atomic E-state index is -4.20. The summed E-state index contributed by atoms with van der Waals surface area (Å²) in [5.41, 5.74) is 1.68. The van der Waals surface area contributed by atoms with Gasteiger partial charge >= 0.3 is 22.2 Å². The number of amides is 1. The lowest BCUT2D eigenvalue weighted by molar-refractivity contribution is -0.147. The Morgan fingerprint density at radius 3 is 2.35 bits per heavy atom. The zero-order valence-corrected chi connectivity index (χ0v) is 18.0. The zero-order valence-electron chi connectivity index (χ0n) is 17.2. The summed E-state index contributed by atoms with van der Waals surface area (Å²) < 4.78 is 40.8. The van der Waals surface area contributed by atoms with Gasteiger partial charge in [-0.15, -0.1) is 0 Å². The summed E-state index contributed by atoms with van der Waals surface area (Å²) in [5.74, 6) is -1.97. The van der Waals surface area contributed by atoms with Gasteiger partial charge in [-0.25, -0.2) is 4.79 Å². The molecule has 0 aromatic heterocycles. The van der Waals surface area contributed by atoms with Gasteiger partial charge in [0, 0.05) is 6.54 Å². The number of hydrogen-bond acceptors (Lipinski definition) is 7. The molecule has 3 rings (SSSR count). The molecule has 0 radical (unpaired) electrons. The van der Waals surface area contributed by atoms with Crippen molar-refractivity contribution < 1.29 is 31.7 Å². The van der Waals surface area contributed by atoms with Gasteiger partial charge < -0.3 is 13.7 Å². The molecule has 1 atom stereocenters. The number of carbonyl (C=O) groups is 2. The molecule has 0 saturated carbocycles. The number of benzene rings is 2. The maximum absolute atomic E-state index is 12.7. The fourth-order valence-corrected chi connectivity index (χ4v) is 3.88. The van der Waals surface area contributed by atoms with Gasteiger partial charge in [0.25, 0.3) is 0 Å². The van der Waals surface area contributed by atoms with E-state index in [1.807, 2.05) is 25.1 Å². The molecule has 1 amide bonds. The topological polar surface area (TPSA) is 99.2 Å². The van der Waals surface area contributed by atoms with Gasteiger partial charge in [-0.1, -0.05) is 48.0 Å². The number of esters is 1. The highest BCUT2D eigenvalue weighted by Crippen LogP contribution is 2.29. The molecule has 1 unspecified atom stereocenters. The second kappa shape index (κ2) is 9.65. The summed E-state index contributed by atoms with van der Waals surface area (Å²) in [4.78, 5) is 25.9. The van der Waals surface area contributed by atoms with E-state index in [0.29, 0.717) is 0 Å². The van der Waals surface area contributed by atoms with E-state index < -0.39 is 28.1 Å². The van der Waals surface area contributed by atoms with E-state index in [-0.39, 0.29) is 30.4 Å². The normalized spacial score (nSPS) is 15.9. The summed E-state index contributed by atoms with van der Waals surface area (Å²) in [6.45, 7) is 3.45. The van der Waals surface area contributed by atoms with E-state index in [1.165, 1.54) is 18.3 Å². The van der Waals surface area contributed by atoms with Crippen LogP contribution in [0.2, 0.25) is 0 Å². The van der Waals surface area contributed by atoms with Crippen molar-refractivity contribution in [3.63, 3.8) is 0 Å². The van der Waals surface area contributed by atoms with Crippen molar-refractivity contribution in [1.29, 1.82) is 0 Å². The largest absolute Gasteiger partial charge is 0.465 e. The van der Waals surface area contributed by atoms with Crippen LogP contribution in [-0.2, 0) is 35.2 Å². The highest BCUT2D eigenvalue weighted by molar-refractivity contribution is 7.86. The molecule has 164 valence electrons. The molecule has 0 N–H and O–H groups in total. The van der Waals surface area contributed by atoms with Crippen LogP contribution in [0.3, 0.4) is 0 Å². The Morgan fingerprint density at radius 2 is 1.71 bits per heavy atom. The van der Waals surface area contributed by atoms with E-state index in [2.05, 4.69) is 0 Å². The number of rotatable bonds is 7. The predicted octanol–water partition coefficient (Wildman–Crippen LogP) is 3.37. The average Bonchev–Trinajstić information content (AvgIpc) is 3.16. The van der Waals surface area contributed by atoms with E-state index in [1.54, 1.807) is 31.2 Å². The van der Waals surface area contributed by atoms with Crippen LogP contribution >= 0.6 is 0 Å². The van der Waals surface area contributed by atoms with Gasteiger partial charge in [-0.3, -0.25) is 9.69 Å². The third kappa shape index (κ3) is 5.64. The molecule has 1 heterocycles.